The molecule has 4 nitrogen and oxygen atoms in total. The third-order valence-corrected chi connectivity index (χ3v) is 5.07. The molecule has 1 aromatic carbocycles. The normalized spacial score (nSPS) is 17.9. The van der Waals surface area contributed by atoms with Crippen molar-refractivity contribution in [1.82, 2.24) is 0 Å². The number of hydrogen-bond donors (Lipinski definition) is 1. The molecule has 0 bridgehead atoms. The SMILES string of the molecule is CC1=C(C(=O)OC(C)C)C(c2ccc(C(C)C)cc2)C(C#N)=C(N)S1. The van der Waals surface area contributed by atoms with Crippen LogP contribution in [-0.4, -0.2) is 12.1 Å². The topological polar surface area (TPSA) is 76.1 Å². The van der Waals surface area contributed by atoms with Crippen LogP contribution in [-0.2, 0) is 9.53 Å². The number of carbonyl (C=O) groups is 1. The molecule has 0 aliphatic carbocycles. The molecule has 0 radical (unpaired) electrons. The molecule has 1 aliphatic heterocycles. The van der Waals surface area contributed by atoms with E-state index in [4.69, 9.17) is 10.5 Å². The average Bonchev–Trinajstić information content (AvgIpc) is 2.53. The number of rotatable bonds is 4. The lowest BCUT2D eigenvalue weighted by molar-refractivity contribution is -0.142. The summed E-state index contributed by atoms with van der Waals surface area (Å²) in [6.45, 7) is 9.72. The van der Waals surface area contributed by atoms with Gasteiger partial charge < -0.3 is 10.5 Å². The van der Waals surface area contributed by atoms with Gasteiger partial charge in [-0.2, -0.15) is 5.26 Å². The summed E-state index contributed by atoms with van der Waals surface area (Å²) in [4.78, 5) is 13.5. The number of ether oxygens (including phenoxy) is 1. The first-order valence-corrected chi connectivity index (χ1v) is 9.17. The van der Waals surface area contributed by atoms with Crippen LogP contribution in [0.15, 0.2) is 45.3 Å². The third-order valence-electron chi connectivity index (χ3n) is 4.10. The Bertz CT molecular complexity index is 768. The summed E-state index contributed by atoms with van der Waals surface area (Å²) in [5, 5.41) is 10.1. The van der Waals surface area contributed by atoms with Crippen LogP contribution >= 0.6 is 11.8 Å². The first-order chi connectivity index (χ1) is 11.8. The number of thioether (sulfide) groups is 1. The van der Waals surface area contributed by atoms with Crippen LogP contribution in [0.1, 0.15) is 57.6 Å². The van der Waals surface area contributed by atoms with E-state index in [9.17, 15) is 10.1 Å². The number of esters is 1. The van der Waals surface area contributed by atoms with Crippen molar-refractivity contribution in [1.29, 1.82) is 5.26 Å². The second-order valence-corrected chi connectivity index (χ2v) is 7.93. The van der Waals surface area contributed by atoms with Gasteiger partial charge in [-0.25, -0.2) is 4.79 Å². The van der Waals surface area contributed by atoms with E-state index in [1.54, 1.807) is 0 Å². The average molecular weight is 356 g/mol. The Balaban J connectivity index is 2.55. The molecule has 1 unspecified atom stereocenters. The van der Waals surface area contributed by atoms with E-state index in [0.717, 1.165) is 10.5 Å². The Morgan fingerprint density at radius 3 is 2.32 bits per heavy atom. The van der Waals surface area contributed by atoms with Gasteiger partial charge in [-0.15, -0.1) is 0 Å². The summed E-state index contributed by atoms with van der Waals surface area (Å²) in [5.41, 5.74) is 9.07. The standard InChI is InChI=1S/C20H24N2O2S/c1-11(2)14-6-8-15(9-7-14)18-16(10-21)19(22)25-13(5)17(18)20(23)24-12(3)4/h6-9,11-12,18H,22H2,1-5H3. The number of allylic oxidation sites excluding steroid dienone is 2. The highest BCUT2D eigenvalue weighted by Gasteiger charge is 2.35. The molecule has 1 heterocycles. The van der Waals surface area contributed by atoms with Crippen molar-refractivity contribution in [2.24, 2.45) is 5.73 Å². The minimum Gasteiger partial charge on any atom is -0.460 e. The number of nitriles is 1. The highest BCUT2D eigenvalue weighted by molar-refractivity contribution is 8.06. The number of nitrogens with zero attached hydrogens (tertiary/aromatic N) is 1. The number of benzene rings is 1. The second-order valence-electron chi connectivity index (χ2n) is 6.67. The Labute approximate surface area is 153 Å². The van der Waals surface area contributed by atoms with Crippen LogP contribution in [0.5, 0.6) is 0 Å². The quantitative estimate of drug-likeness (QED) is 0.800. The zero-order chi connectivity index (χ0) is 18.7. The first-order valence-electron chi connectivity index (χ1n) is 8.35. The lowest BCUT2D eigenvalue weighted by atomic mass is 9.83. The number of carbonyl (C=O) groups excluding carboxylic acids is 1. The second kappa shape index (κ2) is 7.79. The van der Waals surface area contributed by atoms with E-state index in [-0.39, 0.29) is 6.10 Å². The Hall–Kier alpha value is -2.19. The Morgan fingerprint density at radius 2 is 1.84 bits per heavy atom. The molecule has 1 atom stereocenters. The molecule has 0 saturated heterocycles. The van der Waals surface area contributed by atoms with E-state index in [2.05, 4.69) is 19.9 Å². The molecule has 2 N–H and O–H groups in total. The van der Waals surface area contributed by atoms with Crippen LogP contribution in [0, 0.1) is 11.3 Å². The molecule has 0 amide bonds. The molecule has 1 aromatic rings. The van der Waals surface area contributed by atoms with Crippen LogP contribution in [0.2, 0.25) is 0 Å². The maximum absolute atomic E-state index is 12.7. The fourth-order valence-electron chi connectivity index (χ4n) is 2.83. The van der Waals surface area contributed by atoms with Crippen molar-refractivity contribution in [3.63, 3.8) is 0 Å². The summed E-state index contributed by atoms with van der Waals surface area (Å²) in [7, 11) is 0. The predicted octanol–water partition coefficient (Wildman–Crippen LogP) is 4.56. The molecule has 5 heteroatoms. The lowest BCUT2D eigenvalue weighted by Crippen LogP contribution is -2.24. The molecule has 132 valence electrons. The van der Waals surface area contributed by atoms with Gasteiger partial charge in [0.05, 0.1) is 34.3 Å². The van der Waals surface area contributed by atoms with E-state index >= 15 is 0 Å². The van der Waals surface area contributed by atoms with Gasteiger partial charge in [0, 0.05) is 0 Å². The van der Waals surface area contributed by atoms with Gasteiger partial charge in [-0.3, -0.25) is 0 Å². The van der Waals surface area contributed by atoms with Crippen molar-refractivity contribution in [2.75, 3.05) is 0 Å². The molecule has 0 aromatic heterocycles. The molecule has 0 fully saturated rings. The highest BCUT2D eigenvalue weighted by atomic mass is 32.2. The summed E-state index contributed by atoms with van der Waals surface area (Å²) in [6.07, 6.45) is -0.226. The van der Waals surface area contributed by atoms with Gasteiger partial charge in [0.2, 0.25) is 0 Å². The van der Waals surface area contributed by atoms with Crippen LogP contribution in [0.3, 0.4) is 0 Å². The van der Waals surface area contributed by atoms with Crippen LogP contribution in [0.4, 0.5) is 0 Å². The van der Waals surface area contributed by atoms with E-state index in [1.165, 1.54) is 17.3 Å². The molecular formula is C20H24N2O2S. The van der Waals surface area contributed by atoms with Crippen LogP contribution in [0.25, 0.3) is 0 Å². The van der Waals surface area contributed by atoms with Gasteiger partial charge in [-0.05, 0) is 42.7 Å². The van der Waals surface area contributed by atoms with Crippen molar-refractivity contribution in [3.05, 3.63) is 56.5 Å². The molecule has 0 saturated carbocycles. The van der Waals surface area contributed by atoms with E-state index in [1.807, 2.05) is 45.0 Å². The molecule has 25 heavy (non-hydrogen) atoms. The van der Waals surface area contributed by atoms with Crippen molar-refractivity contribution in [2.45, 2.75) is 52.6 Å². The Kier molecular flexibility index (Phi) is 5.97. The van der Waals surface area contributed by atoms with Crippen molar-refractivity contribution in [3.8, 4) is 6.07 Å². The monoisotopic (exact) mass is 356 g/mol. The summed E-state index contributed by atoms with van der Waals surface area (Å²) in [5.74, 6) is -0.466. The summed E-state index contributed by atoms with van der Waals surface area (Å²) in [6, 6.07) is 10.2. The summed E-state index contributed by atoms with van der Waals surface area (Å²) < 4.78 is 5.42. The van der Waals surface area contributed by atoms with Crippen LogP contribution < -0.4 is 5.73 Å². The van der Waals surface area contributed by atoms with Gasteiger partial charge in [0.25, 0.3) is 0 Å². The maximum atomic E-state index is 12.7. The lowest BCUT2D eigenvalue weighted by Gasteiger charge is -2.27. The number of nitrogens with two attached hydrogens (primary N) is 1. The van der Waals surface area contributed by atoms with Crippen molar-refractivity contribution < 1.29 is 9.53 Å². The molecule has 2 rings (SSSR count). The maximum Gasteiger partial charge on any atom is 0.336 e. The molecule has 1 aliphatic rings. The zero-order valence-corrected chi connectivity index (χ0v) is 16.1. The van der Waals surface area contributed by atoms with E-state index in [0.29, 0.717) is 22.1 Å². The van der Waals surface area contributed by atoms with Gasteiger partial charge in [0.1, 0.15) is 0 Å². The van der Waals surface area contributed by atoms with Gasteiger partial charge in [0.15, 0.2) is 0 Å². The van der Waals surface area contributed by atoms with Crippen molar-refractivity contribution >= 4 is 17.7 Å². The minimum atomic E-state index is -0.487. The fraction of sp³-hybridized carbons (Fsp3) is 0.400. The first kappa shape index (κ1) is 19.1. The van der Waals surface area contributed by atoms with E-state index < -0.39 is 11.9 Å². The van der Waals surface area contributed by atoms with Gasteiger partial charge in [-0.1, -0.05) is 49.9 Å². The smallest absolute Gasteiger partial charge is 0.336 e. The Morgan fingerprint density at radius 1 is 1.24 bits per heavy atom. The third kappa shape index (κ3) is 4.08. The number of hydrogen-bond acceptors (Lipinski definition) is 5. The largest absolute Gasteiger partial charge is 0.460 e. The minimum absolute atomic E-state index is 0.226. The predicted molar refractivity (Wildman–Crippen MR) is 102 cm³/mol. The molecule has 0 spiro atoms. The summed E-state index contributed by atoms with van der Waals surface area (Å²) >= 11 is 1.26. The highest BCUT2D eigenvalue weighted by Crippen LogP contribution is 2.45. The molecular weight excluding hydrogens is 332 g/mol. The van der Waals surface area contributed by atoms with Gasteiger partial charge >= 0.3 is 5.97 Å². The zero-order valence-electron chi connectivity index (χ0n) is 15.3. The fourth-order valence-corrected chi connectivity index (χ4v) is 3.74.